The molecule has 1 atom stereocenters. The molecule has 0 saturated heterocycles. The molecule has 0 aliphatic heterocycles. The Morgan fingerprint density at radius 2 is 1.10 bits per heavy atom. The average molecular weight is 331 g/mol. The van der Waals surface area contributed by atoms with E-state index in [1.807, 2.05) is 0 Å². The van der Waals surface area contributed by atoms with Crippen LogP contribution in [0.15, 0.2) is 0 Å². The van der Waals surface area contributed by atoms with Crippen molar-refractivity contribution in [3.63, 3.8) is 0 Å². The average Bonchev–Trinajstić information content (AvgIpc) is 2.09. The molecule has 0 aromatic heterocycles. The second kappa shape index (κ2) is 17.2. The first-order chi connectivity index (χ1) is 7.25. The van der Waals surface area contributed by atoms with Crippen LogP contribution in [0, 0.1) is 0 Å². The van der Waals surface area contributed by atoms with Crippen molar-refractivity contribution >= 4 is 142 Å². The van der Waals surface area contributed by atoms with E-state index in [9.17, 15) is 19.2 Å². The second-order valence-corrected chi connectivity index (χ2v) is 2.76. The van der Waals surface area contributed by atoms with E-state index in [1.165, 1.54) is 0 Å². The summed E-state index contributed by atoms with van der Waals surface area (Å²) >= 11 is 0. The summed E-state index contributed by atoms with van der Waals surface area (Å²) in [5.41, 5.74) is 0. The quantitative estimate of drug-likeness (QED) is 0.228. The summed E-state index contributed by atoms with van der Waals surface area (Å²) in [6.45, 7) is 0. The van der Waals surface area contributed by atoms with Gasteiger partial charge in [0, 0.05) is 0 Å². The Kier molecular flexibility index (Phi) is 28.8. The van der Waals surface area contributed by atoms with E-state index in [2.05, 4.69) is 0 Å². The molecule has 20 heavy (non-hydrogen) atoms. The Morgan fingerprint density at radius 1 is 0.750 bits per heavy atom. The molecule has 0 radical (unpaired) electrons. The molecular weight excluding hydrogens is 318 g/mol. The number of hydrogen-bond donors (Lipinski definition) is 5. The van der Waals surface area contributed by atoms with Crippen LogP contribution in [0.4, 0.5) is 0 Å². The van der Waals surface area contributed by atoms with E-state index in [-0.39, 0.29) is 118 Å². The number of carbonyl (C=O) groups is 4. The van der Waals surface area contributed by atoms with Gasteiger partial charge in [-0.3, -0.25) is 14.9 Å². The van der Waals surface area contributed by atoms with Crippen molar-refractivity contribution in [3.8, 4) is 0 Å². The van der Waals surface area contributed by atoms with E-state index in [0.717, 1.165) is 0 Å². The van der Waals surface area contributed by atoms with Gasteiger partial charge in [-0.2, -0.15) is 0 Å². The fourth-order valence-electron chi connectivity index (χ4n) is 0.842. The molecule has 9 nitrogen and oxygen atoms in total. The Bertz CT molecular complexity index is 325. The summed E-state index contributed by atoms with van der Waals surface area (Å²) in [6.07, 6.45) is -0.924. The van der Waals surface area contributed by atoms with Gasteiger partial charge in [-0.05, 0) is 0 Å². The number of carboxylic acids is 4. The van der Waals surface area contributed by atoms with Crippen LogP contribution in [-0.2, 0) is 19.2 Å². The van der Waals surface area contributed by atoms with E-state index >= 15 is 0 Å². The molecule has 0 aromatic carbocycles. The van der Waals surface area contributed by atoms with Gasteiger partial charge in [0.15, 0.2) is 0 Å². The van der Waals surface area contributed by atoms with E-state index < -0.39 is 42.4 Å². The van der Waals surface area contributed by atoms with Gasteiger partial charge in [-0.25, -0.2) is 9.59 Å². The van der Waals surface area contributed by atoms with Crippen molar-refractivity contribution in [2.45, 2.75) is 18.5 Å². The van der Waals surface area contributed by atoms with Crippen LogP contribution in [0.1, 0.15) is 6.42 Å². The van der Waals surface area contributed by atoms with Gasteiger partial charge >= 0.3 is 142 Å². The van der Waals surface area contributed by atoms with Crippen LogP contribution in [0.2, 0.25) is 0 Å². The van der Waals surface area contributed by atoms with E-state index in [0.29, 0.717) is 0 Å². The fourth-order valence-corrected chi connectivity index (χ4v) is 0.842. The zero-order valence-electron chi connectivity index (χ0n) is 7.78. The molecule has 0 fully saturated rings. The van der Waals surface area contributed by atoms with Gasteiger partial charge in [0.25, 0.3) is 0 Å². The first kappa shape index (κ1) is 33.4. The minimum atomic E-state index is -2.17. The summed E-state index contributed by atoms with van der Waals surface area (Å²) in [5.74, 6) is -6.74. The third-order valence-corrected chi connectivity index (χ3v) is 1.54. The SMILES string of the molecule is O=C(O)CC(NC(C(=O)O)C(=O)O)C(=O)O.[NaH].[NaH].[NaH].[NaH]. The molecule has 0 bridgehead atoms. The van der Waals surface area contributed by atoms with Crippen LogP contribution in [0.3, 0.4) is 0 Å². The maximum absolute atomic E-state index is 10.5. The van der Waals surface area contributed by atoms with E-state index in [4.69, 9.17) is 20.4 Å². The van der Waals surface area contributed by atoms with Crippen LogP contribution < -0.4 is 5.32 Å². The summed E-state index contributed by atoms with van der Waals surface area (Å²) in [5, 5.41) is 35.4. The van der Waals surface area contributed by atoms with Gasteiger partial charge in [-0.1, -0.05) is 0 Å². The van der Waals surface area contributed by atoms with Crippen molar-refractivity contribution in [2.24, 2.45) is 0 Å². The van der Waals surface area contributed by atoms with Crippen LogP contribution in [-0.4, -0.2) is 175 Å². The molecule has 5 N–H and O–H groups in total. The maximum atomic E-state index is 10.5. The van der Waals surface area contributed by atoms with Crippen LogP contribution in [0.5, 0.6) is 0 Å². The van der Waals surface area contributed by atoms with Crippen molar-refractivity contribution in [1.29, 1.82) is 0 Å². The molecule has 0 heterocycles. The standard InChI is InChI=1S/C7H9NO8.4Na.4H/c9-3(10)1-2(5(11)12)8-4(6(13)14)7(15)16;;;;;;;;/h2,4,8H,1H2,(H,9,10)(H,11,12)(H,13,14)(H,15,16);;;;;;;;. The summed E-state index contributed by atoms with van der Waals surface area (Å²) in [6, 6.07) is -3.95. The Balaban J connectivity index is -0.000000187. The van der Waals surface area contributed by atoms with Crippen LogP contribution >= 0.6 is 0 Å². The van der Waals surface area contributed by atoms with Gasteiger partial charge in [-0.15, -0.1) is 0 Å². The molecule has 0 amide bonds. The molecular formula is C7H13NNa4O8. The third kappa shape index (κ3) is 14.8. The van der Waals surface area contributed by atoms with Crippen molar-refractivity contribution < 1.29 is 39.6 Å². The minimum absolute atomic E-state index is 0. The molecule has 0 rings (SSSR count). The zero-order chi connectivity index (χ0) is 12.9. The number of carboxylic acid groups (broad SMARTS) is 4. The normalized spacial score (nSPS) is 9.65. The molecule has 0 saturated carbocycles. The number of hydrogen-bond acceptors (Lipinski definition) is 5. The molecule has 0 spiro atoms. The van der Waals surface area contributed by atoms with Gasteiger partial charge < -0.3 is 20.4 Å². The van der Waals surface area contributed by atoms with Gasteiger partial charge in [0.05, 0.1) is 6.42 Å². The molecule has 13 heteroatoms. The van der Waals surface area contributed by atoms with Crippen molar-refractivity contribution in [2.75, 3.05) is 0 Å². The Labute approximate surface area is 202 Å². The van der Waals surface area contributed by atoms with Gasteiger partial charge in [0.1, 0.15) is 6.04 Å². The summed E-state index contributed by atoms with van der Waals surface area (Å²) < 4.78 is 0. The molecule has 0 aromatic rings. The first-order valence-corrected chi connectivity index (χ1v) is 3.92. The van der Waals surface area contributed by atoms with Gasteiger partial charge in [0.2, 0.25) is 6.04 Å². The Hall–Kier alpha value is 1.84. The second-order valence-electron chi connectivity index (χ2n) is 2.76. The third-order valence-electron chi connectivity index (χ3n) is 1.54. The monoisotopic (exact) mass is 331 g/mol. The van der Waals surface area contributed by atoms with Crippen molar-refractivity contribution in [1.82, 2.24) is 5.32 Å². The molecule has 1 unspecified atom stereocenters. The van der Waals surface area contributed by atoms with E-state index in [1.54, 1.807) is 5.32 Å². The zero-order valence-corrected chi connectivity index (χ0v) is 7.78. The topological polar surface area (TPSA) is 161 Å². The van der Waals surface area contributed by atoms with Crippen LogP contribution in [0.25, 0.3) is 0 Å². The first-order valence-electron chi connectivity index (χ1n) is 3.92. The molecule has 0 aliphatic rings. The van der Waals surface area contributed by atoms with Crippen molar-refractivity contribution in [3.05, 3.63) is 0 Å². The molecule has 0 aliphatic carbocycles. The number of rotatable bonds is 7. The predicted molar refractivity (Wildman–Crippen MR) is 74.5 cm³/mol. The number of nitrogens with one attached hydrogen (secondary N) is 1. The summed E-state index contributed by atoms with van der Waals surface area (Å²) in [4.78, 5) is 41.5. The predicted octanol–water partition coefficient (Wildman–Crippen LogP) is -4.55. The molecule has 98 valence electrons. The number of aliphatic carboxylic acids is 4. The Morgan fingerprint density at radius 3 is 1.30 bits per heavy atom. The summed E-state index contributed by atoms with van der Waals surface area (Å²) in [7, 11) is 0. The fraction of sp³-hybridized carbons (Fsp3) is 0.429.